The maximum absolute atomic E-state index is 11.7. The molecule has 1 heterocycles. The minimum absolute atomic E-state index is 0.114. The number of rotatable bonds is 7. The highest BCUT2D eigenvalue weighted by atomic mass is 32.2. The first-order chi connectivity index (χ1) is 10.1. The predicted molar refractivity (Wildman–Crippen MR) is 76.7 cm³/mol. The lowest BCUT2D eigenvalue weighted by Gasteiger charge is -2.03. The van der Waals surface area contributed by atoms with E-state index in [1.807, 2.05) is 30.3 Å². The third-order valence-electron chi connectivity index (χ3n) is 2.46. The molecule has 1 aromatic heterocycles. The van der Waals surface area contributed by atoms with Crippen LogP contribution in [0, 0.1) is 0 Å². The van der Waals surface area contributed by atoms with E-state index in [0.29, 0.717) is 11.4 Å². The van der Waals surface area contributed by atoms with Crippen molar-refractivity contribution in [3.63, 3.8) is 0 Å². The van der Waals surface area contributed by atoms with Gasteiger partial charge in [-0.05, 0) is 12.1 Å². The minimum atomic E-state index is -0.991. The third kappa shape index (κ3) is 5.27. The van der Waals surface area contributed by atoms with E-state index in [0.717, 1.165) is 4.90 Å². The van der Waals surface area contributed by atoms with Gasteiger partial charge in [0.2, 0.25) is 5.91 Å². The highest BCUT2D eigenvalue weighted by Gasteiger charge is 2.06. The quantitative estimate of drug-likeness (QED) is 0.733. The zero-order chi connectivity index (χ0) is 15.1. The highest BCUT2D eigenvalue weighted by Crippen LogP contribution is 2.16. The number of hydrogen-bond acceptors (Lipinski definition) is 5. The number of carboxylic acid groups (broad SMARTS) is 1. The molecule has 0 unspecified atom stereocenters. The standard InChI is InChI=1S/C13H14N4O3S/c18-12(9-21-11-4-2-1-3-5-11)14-6-10-7-17(16-15-10)8-13(19)20/h1-5,7H,6,8-9H2,(H,14,18)(H,19,20). The number of amides is 1. The number of nitrogens with one attached hydrogen (secondary N) is 1. The van der Waals surface area contributed by atoms with E-state index < -0.39 is 5.97 Å². The summed E-state index contributed by atoms with van der Waals surface area (Å²) >= 11 is 1.45. The highest BCUT2D eigenvalue weighted by molar-refractivity contribution is 8.00. The van der Waals surface area contributed by atoms with Crippen LogP contribution >= 0.6 is 11.8 Å². The maximum Gasteiger partial charge on any atom is 0.325 e. The summed E-state index contributed by atoms with van der Waals surface area (Å²) in [7, 11) is 0. The van der Waals surface area contributed by atoms with Crippen LogP contribution < -0.4 is 5.32 Å². The number of aliphatic carboxylic acids is 1. The molecule has 0 spiro atoms. The molecule has 0 atom stereocenters. The first kappa shape index (κ1) is 15.0. The summed E-state index contributed by atoms with van der Waals surface area (Å²) < 4.78 is 1.21. The number of carbonyl (C=O) groups excluding carboxylic acids is 1. The lowest BCUT2D eigenvalue weighted by Crippen LogP contribution is -2.24. The Bertz CT molecular complexity index is 615. The molecule has 0 bridgehead atoms. The molecule has 0 fully saturated rings. The zero-order valence-electron chi connectivity index (χ0n) is 11.1. The molecule has 0 saturated carbocycles. The van der Waals surface area contributed by atoms with E-state index in [-0.39, 0.29) is 19.0 Å². The molecule has 0 aliphatic rings. The topological polar surface area (TPSA) is 97.1 Å². The van der Waals surface area contributed by atoms with Gasteiger partial charge in [-0.15, -0.1) is 16.9 Å². The largest absolute Gasteiger partial charge is 0.480 e. The van der Waals surface area contributed by atoms with Crippen molar-refractivity contribution in [2.75, 3.05) is 5.75 Å². The normalized spacial score (nSPS) is 10.3. The van der Waals surface area contributed by atoms with Crippen LogP contribution in [0.15, 0.2) is 41.4 Å². The predicted octanol–water partition coefficient (Wildman–Crippen LogP) is 0.771. The van der Waals surface area contributed by atoms with Gasteiger partial charge in [0, 0.05) is 4.90 Å². The number of hydrogen-bond donors (Lipinski definition) is 2. The number of aromatic nitrogens is 3. The van der Waals surface area contributed by atoms with Crippen molar-refractivity contribution in [3.8, 4) is 0 Å². The fraction of sp³-hybridized carbons (Fsp3) is 0.231. The Kier molecular flexibility index (Phi) is 5.33. The van der Waals surface area contributed by atoms with Crippen molar-refractivity contribution in [2.24, 2.45) is 0 Å². The zero-order valence-corrected chi connectivity index (χ0v) is 11.9. The number of benzene rings is 1. The maximum atomic E-state index is 11.7. The van der Waals surface area contributed by atoms with E-state index >= 15 is 0 Å². The Morgan fingerprint density at radius 3 is 2.76 bits per heavy atom. The van der Waals surface area contributed by atoms with Gasteiger partial charge >= 0.3 is 5.97 Å². The molecule has 2 rings (SSSR count). The molecule has 110 valence electrons. The van der Waals surface area contributed by atoms with Crippen LogP contribution in [0.25, 0.3) is 0 Å². The summed E-state index contributed by atoms with van der Waals surface area (Å²) in [6.45, 7) is -0.0153. The molecule has 0 saturated heterocycles. The van der Waals surface area contributed by atoms with Gasteiger partial charge in [0.15, 0.2) is 0 Å². The van der Waals surface area contributed by atoms with Crippen molar-refractivity contribution < 1.29 is 14.7 Å². The molecule has 2 aromatic rings. The summed E-state index contributed by atoms with van der Waals surface area (Å²) in [5, 5.41) is 18.8. The second-order valence-corrected chi connectivity index (χ2v) is 5.23. The lowest BCUT2D eigenvalue weighted by atomic mass is 10.4. The third-order valence-corrected chi connectivity index (χ3v) is 3.48. The second-order valence-electron chi connectivity index (χ2n) is 4.18. The molecule has 0 aliphatic heterocycles. The Hall–Kier alpha value is -2.35. The molecule has 0 radical (unpaired) electrons. The van der Waals surface area contributed by atoms with E-state index in [1.165, 1.54) is 22.6 Å². The minimum Gasteiger partial charge on any atom is -0.480 e. The fourth-order valence-corrected chi connectivity index (χ4v) is 2.29. The molecular weight excluding hydrogens is 292 g/mol. The number of carboxylic acids is 1. The average molecular weight is 306 g/mol. The molecule has 21 heavy (non-hydrogen) atoms. The van der Waals surface area contributed by atoms with E-state index in [4.69, 9.17) is 5.11 Å². The summed E-state index contributed by atoms with van der Waals surface area (Å²) in [5.74, 6) is -0.792. The monoisotopic (exact) mass is 306 g/mol. The molecule has 2 N–H and O–H groups in total. The molecule has 7 nitrogen and oxygen atoms in total. The van der Waals surface area contributed by atoms with Crippen LogP contribution in [0.1, 0.15) is 5.69 Å². The number of thioether (sulfide) groups is 1. The molecule has 8 heteroatoms. The lowest BCUT2D eigenvalue weighted by molar-refractivity contribution is -0.137. The SMILES string of the molecule is O=C(O)Cn1cc(CNC(=O)CSc2ccccc2)nn1. The van der Waals surface area contributed by atoms with Gasteiger partial charge in [0.1, 0.15) is 12.2 Å². The van der Waals surface area contributed by atoms with Crippen LogP contribution in [0.4, 0.5) is 0 Å². The van der Waals surface area contributed by atoms with E-state index in [1.54, 1.807) is 0 Å². The van der Waals surface area contributed by atoms with Crippen molar-refractivity contribution in [1.29, 1.82) is 0 Å². The van der Waals surface area contributed by atoms with Gasteiger partial charge < -0.3 is 10.4 Å². The smallest absolute Gasteiger partial charge is 0.325 e. The Balaban J connectivity index is 1.73. The Labute approximate surface area is 125 Å². The van der Waals surface area contributed by atoms with Gasteiger partial charge in [-0.3, -0.25) is 9.59 Å². The fourth-order valence-electron chi connectivity index (χ4n) is 1.54. The van der Waals surface area contributed by atoms with Gasteiger partial charge in [-0.25, -0.2) is 4.68 Å². The van der Waals surface area contributed by atoms with Gasteiger partial charge in [-0.1, -0.05) is 23.4 Å². The summed E-state index contributed by atoms with van der Waals surface area (Å²) in [6.07, 6.45) is 1.50. The molecular formula is C13H14N4O3S. The van der Waals surface area contributed by atoms with E-state index in [9.17, 15) is 9.59 Å². The average Bonchev–Trinajstić information content (AvgIpc) is 2.91. The number of carbonyl (C=O) groups is 2. The van der Waals surface area contributed by atoms with Crippen LogP contribution in [0.2, 0.25) is 0 Å². The summed E-state index contributed by atoms with van der Waals surface area (Å²) in [5.41, 5.74) is 0.523. The van der Waals surface area contributed by atoms with Crippen molar-refractivity contribution >= 4 is 23.6 Å². The van der Waals surface area contributed by atoms with Gasteiger partial charge in [0.05, 0.1) is 18.5 Å². The summed E-state index contributed by atoms with van der Waals surface area (Å²) in [6, 6.07) is 9.64. The summed E-state index contributed by atoms with van der Waals surface area (Å²) in [4.78, 5) is 23.2. The number of nitrogens with zero attached hydrogens (tertiary/aromatic N) is 3. The molecule has 0 aliphatic carbocycles. The van der Waals surface area contributed by atoms with Gasteiger partial charge in [-0.2, -0.15) is 0 Å². The van der Waals surface area contributed by atoms with Crippen LogP contribution in [-0.4, -0.2) is 37.7 Å². The molecule has 1 aromatic carbocycles. The first-order valence-electron chi connectivity index (χ1n) is 6.19. The van der Waals surface area contributed by atoms with Crippen molar-refractivity contribution in [1.82, 2.24) is 20.3 Å². The van der Waals surface area contributed by atoms with Gasteiger partial charge in [0.25, 0.3) is 0 Å². The van der Waals surface area contributed by atoms with Crippen molar-refractivity contribution in [2.45, 2.75) is 18.0 Å². The Morgan fingerprint density at radius 2 is 2.05 bits per heavy atom. The van der Waals surface area contributed by atoms with E-state index in [2.05, 4.69) is 15.6 Å². The van der Waals surface area contributed by atoms with Crippen LogP contribution in [0.5, 0.6) is 0 Å². The first-order valence-corrected chi connectivity index (χ1v) is 7.17. The Morgan fingerprint density at radius 1 is 1.29 bits per heavy atom. The van der Waals surface area contributed by atoms with Crippen molar-refractivity contribution in [3.05, 3.63) is 42.2 Å². The van der Waals surface area contributed by atoms with Crippen LogP contribution in [-0.2, 0) is 22.7 Å². The molecule has 1 amide bonds. The van der Waals surface area contributed by atoms with Crippen LogP contribution in [0.3, 0.4) is 0 Å². The second kappa shape index (κ2) is 7.44.